The number of ether oxygens (including phenoxy) is 1. The van der Waals surface area contributed by atoms with Crippen LogP contribution in [-0.2, 0) is 19.6 Å². The summed E-state index contributed by atoms with van der Waals surface area (Å²) in [6.07, 6.45) is 6.32. The Balaban J connectivity index is 2.35. The predicted molar refractivity (Wildman–Crippen MR) is 110 cm³/mol. The summed E-state index contributed by atoms with van der Waals surface area (Å²) >= 11 is 5.32. The number of allylic oxidation sites excluding steroid dienone is 3. The number of hydrogen-bond acceptors (Lipinski definition) is 7. The molecular weight excluding hydrogens is 416 g/mol. The van der Waals surface area contributed by atoms with Crippen LogP contribution >= 0.6 is 12.2 Å². The Labute approximate surface area is 174 Å². The highest BCUT2D eigenvalue weighted by Gasteiger charge is 2.29. The van der Waals surface area contributed by atoms with Gasteiger partial charge in [0.05, 0.1) is 17.6 Å². The maximum Gasteiger partial charge on any atom is 0.339 e. The molecule has 0 saturated heterocycles. The van der Waals surface area contributed by atoms with Gasteiger partial charge in [-0.05, 0) is 24.1 Å². The zero-order valence-corrected chi connectivity index (χ0v) is 17.5. The summed E-state index contributed by atoms with van der Waals surface area (Å²) in [6.45, 7) is -0.128. The highest BCUT2D eigenvalue weighted by molar-refractivity contribution is 7.89. The van der Waals surface area contributed by atoms with Crippen molar-refractivity contribution in [1.29, 1.82) is 0 Å². The summed E-state index contributed by atoms with van der Waals surface area (Å²) < 4.78 is 32.4. The zero-order valence-electron chi connectivity index (χ0n) is 15.8. The second kappa shape index (κ2) is 10.4. The van der Waals surface area contributed by atoms with E-state index in [1.165, 1.54) is 36.9 Å². The van der Waals surface area contributed by atoms with E-state index >= 15 is 0 Å². The van der Waals surface area contributed by atoms with E-state index in [9.17, 15) is 18.0 Å². The fourth-order valence-electron chi connectivity index (χ4n) is 2.79. The summed E-state index contributed by atoms with van der Waals surface area (Å²) in [6, 6.07) is 5.71. The van der Waals surface area contributed by atoms with Crippen LogP contribution in [0.25, 0.3) is 0 Å². The summed E-state index contributed by atoms with van der Waals surface area (Å²) in [5, 5.41) is 8.72. The number of rotatable bonds is 9. The van der Waals surface area contributed by atoms with Gasteiger partial charge in [0.25, 0.3) is 0 Å². The number of benzene rings is 1. The van der Waals surface area contributed by atoms with Crippen molar-refractivity contribution in [2.75, 3.05) is 20.2 Å². The van der Waals surface area contributed by atoms with E-state index in [-0.39, 0.29) is 30.0 Å². The zero-order chi connectivity index (χ0) is 21.4. The second-order valence-corrected chi connectivity index (χ2v) is 8.57. The molecule has 0 spiro atoms. The molecule has 1 aliphatic rings. The Hall–Kier alpha value is -2.40. The topological polar surface area (TPSA) is 113 Å². The number of methoxy groups -OCH3 is 1. The van der Waals surface area contributed by atoms with Crippen molar-refractivity contribution < 1.29 is 28.0 Å². The fraction of sp³-hybridized carbons (Fsp3) is 0.316. The number of thiocarbonyl (C=S) groups is 1. The van der Waals surface area contributed by atoms with Gasteiger partial charge in [-0.25, -0.2) is 18.7 Å². The first kappa shape index (κ1) is 22.9. The van der Waals surface area contributed by atoms with Crippen LogP contribution in [0.15, 0.2) is 53.0 Å². The van der Waals surface area contributed by atoms with Crippen molar-refractivity contribution in [3.05, 3.63) is 53.6 Å². The number of hydroxylamine groups is 1. The number of nitrogens with zero attached hydrogens (tertiary/aromatic N) is 1. The van der Waals surface area contributed by atoms with Crippen molar-refractivity contribution in [1.82, 2.24) is 9.79 Å². The maximum atomic E-state index is 13.3. The van der Waals surface area contributed by atoms with Crippen molar-refractivity contribution in [2.24, 2.45) is 0 Å². The normalized spacial score (nSPS) is 13.9. The van der Waals surface area contributed by atoms with E-state index in [2.05, 4.69) is 4.74 Å². The lowest BCUT2D eigenvalue weighted by atomic mass is 10.0. The first-order valence-electron chi connectivity index (χ1n) is 8.80. The van der Waals surface area contributed by atoms with Gasteiger partial charge < -0.3 is 4.74 Å². The minimum atomic E-state index is -4.13. The molecule has 0 fully saturated rings. The van der Waals surface area contributed by atoms with Crippen LogP contribution in [0, 0.1) is 0 Å². The second-order valence-electron chi connectivity index (χ2n) is 6.17. The Kier molecular flexibility index (Phi) is 8.21. The van der Waals surface area contributed by atoms with Crippen molar-refractivity contribution in [3.8, 4) is 0 Å². The minimum absolute atomic E-state index is 0.0519. The average molecular weight is 439 g/mol. The Morgan fingerprint density at radius 3 is 2.66 bits per heavy atom. The maximum absolute atomic E-state index is 13.3. The molecule has 1 amide bonds. The fourth-order valence-corrected chi connectivity index (χ4v) is 4.68. The molecule has 0 radical (unpaired) electrons. The number of esters is 1. The van der Waals surface area contributed by atoms with Gasteiger partial charge in [0, 0.05) is 30.8 Å². The van der Waals surface area contributed by atoms with Crippen molar-refractivity contribution in [2.45, 2.75) is 24.2 Å². The van der Waals surface area contributed by atoms with Crippen LogP contribution in [0.3, 0.4) is 0 Å². The summed E-state index contributed by atoms with van der Waals surface area (Å²) in [4.78, 5) is 24.0. The van der Waals surface area contributed by atoms with E-state index in [1.54, 1.807) is 0 Å². The summed E-state index contributed by atoms with van der Waals surface area (Å²) in [5.41, 5.74) is 2.23. The molecule has 1 aromatic rings. The summed E-state index contributed by atoms with van der Waals surface area (Å²) in [5.74, 6) is -1.50. The molecule has 1 aromatic carbocycles. The van der Waals surface area contributed by atoms with Crippen LogP contribution in [0.1, 0.15) is 29.6 Å². The first-order chi connectivity index (χ1) is 13.8. The molecular formula is C19H22N2O6S2. The van der Waals surface area contributed by atoms with Crippen LogP contribution in [0.4, 0.5) is 0 Å². The van der Waals surface area contributed by atoms with Gasteiger partial charge >= 0.3 is 5.97 Å². The molecule has 0 saturated carbocycles. The van der Waals surface area contributed by atoms with E-state index in [4.69, 9.17) is 17.4 Å². The highest BCUT2D eigenvalue weighted by atomic mass is 32.2. The van der Waals surface area contributed by atoms with Gasteiger partial charge in [-0.3, -0.25) is 10.0 Å². The van der Waals surface area contributed by atoms with Gasteiger partial charge in [-0.2, -0.15) is 4.31 Å². The van der Waals surface area contributed by atoms with E-state index in [0.717, 1.165) is 14.7 Å². The smallest absolute Gasteiger partial charge is 0.339 e. The highest BCUT2D eigenvalue weighted by Crippen LogP contribution is 2.23. The van der Waals surface area contributed by atoms with Crippen LogP contribution in [0.5, 0.6) is 0 Å². The van der Waals surface area contributed by atoms with E-state index < -0.39 is 21.9 Å². The van der Waals surface area contributed by atoms with Gasteiger partial charge in [0.1, 0.15) is 0 Å². The Bertz CT molecular complexity index is 953. The number of nitrogens with one attached hydrogen (secondary N) is 1. The van der Waals surface area contributed by atoms with Gasteiger partial charge in [0.2, 0.25) is 15.9 Å². The lowest BCUT2D eigenvalue weighted by Gasteiger charge is -2.24. The van der Waals surface area contributed by atoms with Crippen molar-refractivity contribution >= 4 is 39.0 Å². The molecule has 2 N–H and O–H groups in total. The molecule has 0 aromatic heterocycles. The quantitative estimate of drug-likeness (QED) is 0.262. The number of amides is 1. The standard InChI is InChI=1S/C19H22N2O6S2/c1-27-19(23)15-7-3-5-9-17(15)29(25,26)21(13-11-18(22)20-24)12-10-14-6-2-4-8-16(14)28/h2-7,9,24H,8,10-13H2,1H3,(H,20,22). The van der Waals surface area contributed by atoms with E-state index in [1.807, 2.05) is 18.2 Å². The van der Waals surface area contributed by atoms with Gasteiger partial charge in [-0.15, -0.1) is 0 Å². The van der Waals surface area contributed by atoms with Crippen LogP contribution < -0.4 is 5.48 Å². The molecule has 0 unspecified atom stereocenters. The third-order valence-electron chi connectivity index (χ3n) is 4.35. The molecule has 10 heteroatoms. The van der Waals surface area contributed by atoms with Gasteiger partial charge in [-0.1, -0.05) is 42.6 Å². The first-order valence-corrected chi connectivity index (χ1v) is 10.7. The molecule has 156 valence electrons. The molecule has 2 rings (SSSR count). The lowest BCUT2D eigenvalue weighted by molar-refractivity contribution is -0.129. The molecule has 29 heavy (non-hydrogen) atoms. The molecule has 0 atom stereocenters. The molecule has 1 aliphatic carbocycles. The third-order valence-corrected chi connectivity index (χ3v) is 6.73. The largest absolute Gasteiger partial charge is 0.465 e. The number of carbonyl (C=O) groups excluding carboxylic acids is 2. The van der Waals surface area contributed by atoms with E-state index in [0.29, 0.717) is 12.8 Å². The predicted octanol–water partition coefficient (Wildman–Crippen LogP) is 2.01. The summed E-state index contributed by atoms with van der Waals surface area (Å²) in [7, 11) is -2.96. The molecule has 0 aliphatic heterocycles. The average Bonchev–Trinajstić information content (AvgIpc) is 2.73. The SMILES string of the molecule is COC(=O)c1ccccc1S(=O)(=O)N(CCC(=O)NO)CCC1=CC=CCC1=S. The lowest BCUT2D eigenvalue weighted by Crippen LogP contribution is -2.36. The number of sulfonamides is 1. The Morgan fingerprint density at radius 1 is 1.28 bits per heavy atom. The minimum Gasteiger partial charge on any atom is -0.465 e. The number of hydrogen-bond donors (Lipinski definition) is 2. The van der Waals surface area contributed by atoms with Crippen LogP contribution in [-0.4, -0.2) is 54.9 Å². The van der Waals surface area contributed by atoms with Crippen molar-refractivity contribution in [3.63, 3.8) is 0 Å². The Morgan fingerprint density at radius 2 is 2.00 bits per heavy atom. The monoisotopic (exact) mass is 438 g/mol. The molecule has 0 heterocycles. The van der Waals surface area contributed by atoms with Gasteiger partial charge in [0.15, 0.2) is 0 Å². The third kappa shape index (κ3) is 5.80. The number of carbonyl (C=O) groups is 2. The molecule has 8 nitrogen and oxygen atoms in total. The van der Waals surface area contributed by atoms with Crippen LogP contribution in [0.2, 0.25) is 0 Å². The molecule has 0 bridgehead atoms.